The van der Waals surface area contributed by atoms with E-state index in [4.69, 9.17) is 27.9 Å². The molecule has 3 rings (SSSR count). The molecule has 1 aromatic heterocycles. The number of methoxy groups -OCH3 is 1. The predicted molar refractivity (Wildman–Crippen MR) is 115 cm³/mol. The first-order chi connectivity index (χ1) is 13.0. The van der Waals surface area contributed by atoms with E-state index < -0.39 is 0 Å². The van der Waals surface area contributed by atoms with Crippen LogP contribution in [-0.2, 0) is 0 Å². The lowest BCUT2D eigenvalue weighted by Gasteiger charge is -2.10. The van der Waals surface area contributed by atoms with Gasteiger partial charge in [-0.3, -0.25) is 4.79 Å². The molecule has 4 nitrogen and oxygen atoms in total. The molecule has 0 aliphatic heterocycles. The first-order valence-corrected chi connectivity index (χ1v) is 9.98. The van der Waals surface area contributed by atoms with Crippen molar-refractivity contribution in [3.8, 4) is 17.0 Å². The third kappa shape index (κ3) is 5.22. The minimum atomic E-state index is -0.310. The highest BCUT2D eigenvalue weighted by Crippen LogP contribution is 2.32. The zero-order valence-corrected chi connectivity index (χ0v) is 17.8. The van der Waals surface area contributed by atoms with Gasteiger partial charge in [0, 0.05) is 16.6 Å². The second-order valence-electron chi connectivity index (χ2n) is 5.25. The van der Waals surface area contributed by atoms with Crippen molar-refractivity contribution in [1.29, 1.82) is 0 Å². The van der Waals surface area contributed by atoms with Crippen LogP contribution < -0.4 is 10.1 Å². The molecular formula is C20H20Cl2N2O2S. The Bertz CT molecular complexity index is 941. The Kier molecular flexibility index (Phi) is 7.66. The first kappa shape index (κ1) is 21.2. The Morgan fingerprint density at radius 1 is 1.11 bits per heavy atom. The van der Waals surface area contributed by atoms with Gasteiger partial charge in [0.1, 0.15) is 5.75 Å². The number of carbonyl (C=O) groups is 1. The molecule has 1 N–H and O–H groups in total. The molecular weight excluding hydrogens is 403 g/mol. The van der Waals surface area contributed by atoms with Crippen molar-refractivity contribution in [2.45, 2.75) is 20.8 Å². The van der Waals surface area contributed by atoms with Gasteiger partial charge in [-0.05, 0) is 43.3 Å². The van der Waals surface area contributed by atoms with Gasteiger partial charge in [0.2, 0.25) is 0 Å². The smallest absolute Gasteiger partial charge is 0.257 e. The van der Waals surface area contributed by atoms with Crippen molar-refractivity contribution in [1.82, 2.24) is 4.98 Å². The third-order valence-corrected chi connectivity index (χ3v) is 4.96. The summed E-state index contributed by atoms with van der Waals surface area (Å²) in [5.41, 5.74) is 2.53. The highest BCUT2D eigenvalue weighted by atomic mass is 35.5. The number of hydrogen-bond donors (Lipinski definition) is 1. The summed E-state index contributed by atoms with van der Waals surface area (Å²) in [5.74, 6) is 0.282. The average molecular weight is 423 g/mol. The summed E-state index contributed by atoms with van der Waals surface area (Å²) in [6.45, 7) is 5.93. The molecule has 0 unspecified atom stereocenters. The van der Waals surface area contributed by atoms with E-state index >= 15 is 0 Å². The number of hydrogen-bond acceptors (Lipinski definition) is 4. The number of anilines is 1. The molecule has 142 valence electrons. The van der Waals surface area contributed by atoms with Crippen molar-refractivity contribution < 1.29 is 9.53 Å². The standard InChI is InChI=1S/C18H14Cl2N2O2S.C2H6/c1-10-21-17(9-25-10)14-7-11(3-6-15(14)19)22-18(23)13-5-4-12(24-2)8-16(13)20;1-2/h3-9H,1-2H3,(H,22,23);1-2H3. The van der Waals surface area contributed by atoms with Crippen LogP contribution >= 0.6 is 34.5 Å². The number of nitrogens with one attached hydrogen (secondary N) is 1. The SMILES string of the molecule is CC.COc1ccc(C(=O)Nc2ccc(Cl)c(-c3csc(C)n3)c2)c(Cl)c1. The van der Waals surface area contributed by atoms with Crippen molar-refractivity contribution in [2.24, 2.45) is 0 Å². The molecule has 1 heterocycles. The Hall–Kier alpha value is -2.08. The molecule has 7 heteroatoms. The molecule has 0 saturated carbocycles. The molecule has 0 radical (unpaired) electrons. The van der Waals surface area contributed by atoms with Crippen LogP contribution in [-0.4, -0.2) is 18.0 Å². The maximum absolute atomic E-state index is 12.5. The summed E-state index contributed by atoms with van der Waals surface area (Å²) in [6.07, 6.45) is 0. The van der Waals surface area contributed by atoms with Gasteiger partial charge in [-0.2, -0.15) is 0 Å². The van der Waals surface area contributed by atoms with Crippen LogP contribution in [0.4, 0.5) is 5.69 Å². The zero-order chi connectivity index (χ0) is 20.0. The molecule has 1 amide bonds. The fraction of sp³-hybridized carbons (Fsp3) is 0.200. The number of benzene rings is 2. The van der Waals surface area contributed by atoms with Crippen LogP contribution in [0, 0.1) is 6.92 Å². The Labute approximate surface area is 173 Å². The molecule has 0 aliphatic carbocycles. The zero-order valence-electron chi connectivity index (χ0n) is 15.5. The number of halogens is 2. The fourth-order valence-electron chi connectivity index (χ4n) is 2.29. The van der Waals surface area contributed by atoms with E-state index in [9.17, 15) is 4.79 Å². The highest BCUT2D eigenvalue weighted by Gasteiger charge is 2.14. The van der Waals surface area contributed by atoms with Gasteiger partial charge < -0.3 is 10.1 Å². The second-order valence-corrected chi connectivity index (χ2v) is 7.12. The number of rotatable bonds is 4. The second kappa shape index (κ2) is 9.74. The van der Waals surface area contributed by atoms with E-state index in [0.29, 0.717) is 27.0 Å². The number of ether oxygens (including phenoxy) is 1. The summed E-state index contributed by atoms with van der Waals surface area (Å²) in [6, 6.07) is 10.2. The number of thiazole rings is 1. The van der Waals surface area contributed by atoms with Gasteiger partial charge in [-0.25, -0.2) is 4.98 Å². The van der Waals surface area contributed by atoms with Gasteiger partial charge in [-0.1, -0.05) is 37.0 Å². The monoisotopic (exact) mass is 422 g/mol. The number of aromatic nitrogens is 1. The summed E-state index contributed by atoms with van der Waals surface area (Å²) < 4.78 is 5.09. The normalized spacial score (nSPS) is 10.0. The van der Waals surface area contributed by atoms with E-state index in [1.807, 2.05) is 26.2 Å². The van der Waals surface area contributed by atoms with Crippen LogP contribution in [0.3, 0.4) is 0 Å². The highest BCUT2D eigenvalue weighted by molar-refractivity contribution is 7.09. The largest absolute Gasteiger partial charge is 0.497 e. The van der Waals surface area contributed by atoms with Crippen molar-refractivity contribution in [2.75, 3.05) is 12.4 Å². The van der Waals surface area contributed by atoms with Gasteiger partial charge in [0.15, 0.2) is 0 Å². The molecule has 0 spiro atoms. The van der Waals surface area contributed by atoms with Crippen molar-refractivity contribution in [3.05, 3.63) is 62.4 Å². The predicted octanol–water partition coefficient (Wildman–Crippen LogP) is 6.71. The maximum atomic E-state index is 12.5. The lowest BCUT2D eigenvalue weighted by molar-refractivity contribution is 0.102. The summed E-state index contributed by atoms with van der Waals surface area (Å²) in [5, 5.41) is 6.61. The van der Waals surface area contributed by atoms with E-state index in [1.54, 1.807) is 54.8 Å². The Morgan fingerprint density at radius 2 is 1.85 bits per heavy atom. The molecule has 0 aliphatic rings. The van der Waals surface area contributed by atoms with Gasteiger partial charge in [0.25, 0.3) is 5.91 Å². The minimum Gasteiger partial charge on any atom is -0.497 e. The molecule has 2 aromatic carbocycles. The van der Waals surface area contributed by atoms with Crippen LogP contribution in [0.2, 0.25) is 10.0 Å². The molecule has 0 bridgehead atoms. The summed E-state index contributed by atoms with van der Waals surface area (Å²) in [7, 11) is 1.54. The topological polar surface area (TPSA) is 51.2 Å². The molecule has 0 fully saturated rings. The Morgan fingerprint density at radius 3 is 2.44 bits per heavy atom. The maximum Gasteiger partial charge on any atom is 0.257 e. The molecule has 0 atom stereocenters. The van der Waals surface area contributed by atoms with Crippen LogP contribution in [0.15, 0.2) is 41.8 Å². The lowest BCUT2D eigenvalue weighted by Crippen LogP contribution is -2.12. The van der Waals surface area contributed by atoms with E-state index in [2.05, 4.69) is 10.3 Å². The number of aryl methyl sites for hydroxylation is 1. The van der Waals surface area contributed by atoms with Crippen LogP contribution in [0.5, 0.6) is 5.75 Å². The summed E-state index contributed by atoms with van der Waals surface area (Å²) >= 11 is 14.0. The van der Waals surface area contributed by atoms with E-state index in [0.717, 1.165) is 16.3 Å². The number of amides is 1. The van der Waals surface area contributed by atoms with Crippen molar-refractivity contribution in [3.63, 3.8) is 0 Å². The molecule has 0 saturated heterocycles. The third-order valence-electron chi connectivity index (χ3n) is 3.54. The van der Waals surface area contributed by atoms with Gasteiger partial charge in [0.05, 0.1) is 33.4 Å². The van der Waals surface area contributed by atoms with Crippen LogP contribution in [0.1, 0.15) is 29.2 Å². The average Bonchev–Trinajstić information content (AvgIpc) is 3.10. The minimum absolute atomic E-state index is 0.310. The van der Waals surface area contributed by atoms with E-state index in [-0.39, 0.29) is 5.91 Å². The van der Waals surface area contributed by atoms with Gasteiger partial charge in [-0.15, -0.1) is 11.3 Å². The number of carbonyl (C=O) groups excluding carboxylic acids is 1. The molecule has 3 aromatic rings. The lowest BCUT2D eigenvalue weighted by atomic mass is 10.1. The quantitative estimate of drug-likeness (QED) is 0.507. The molecule has 27 heavy (non-hydrogen) atoms. The Balaban J connectivity index is 0.00000126. The fourth-order valence-corrected chi connectivity index (χ4v) is 3.38. The summed E-state index contributed by atoms with van der Waals surface area (Å²) in [4.78, 5) is 16.9. The first-order valence-electron chi connectivity index (χ1n) is 8.35. The van der Waals surface area contributed by atoms with Crippen LogP contribution in [0.25, 0.3) is 11.3 Å². The van der Waals surface area contributed by atoms with Gasteiger partial charge >= 0.3 is 0 Å². The van der Waals surface area contributed by atoms with Crippen molar-refractivity contribution >= 4 is 46.1 Å². The van der Waals surface area contributed by atoms with E-state index in [1.165, 1.54) is 0 Å². The number of nitrogens with zero attached hydrogens (tertiary/aromatic N) is 1.